The molecule has 1 heterocycles. The number of nitrogens with zero attached hydrogens (tertiary/aromatic N) is 2. The summed E-state index contributed by atoms with van der Waals surface area (Å²) in [5.74, 6) is 0. The smallest absolute Gasteiger partial charge is 0.0701 e. The SMILES string of the molecule is COCCOCCOCCN1CCN(CCOC(C)(C)C)CC1. The summed E-state index contributed by atoms with van der Waals surface area (Å²) in [4.78, 5) is 4.94. The van der Waals surface area contributed by atoms with Crippen LogP contribution in [0.5, 0.6) is 0 Å². The highest BCUT2D eigenvalue weighted by atomic mass is 16.5. The predicted molar refractivity (Wildman–Crippen MR) is 92.1 cm³/mol. The van der Waals surface area contributed by atoms with Crippen molar-refractivity contribution in [2.75, 3.05) is 86.0 Å². The molecule has 1 aliphatic heterocycles. The predicted octanol–water partition coefficient (Wildman–Crippen LogP) is 1.10. The molecule has 0 aromatic rings. The average molecular weight is 332 g/mol. The molecule has 138 valence electrons. The monoisotopic (exact) mass is 332 g/mol. The van der Waals surface area contributed by atoms with Crippen LogP contribution in [0, 0.1) is 0 Å². The van der Waals surface area contributed by atoms with E-state index < -0.39 is 0 Å². The van der Waals surface area contributed by atoms with Crippen LogP contribution in [0.1, 0.15) is 20.8 Å². The second kappa shape index (κ2) is 12.2. The Morgan fingerprint density at radius 1 is 0.696 bits per heavy atom. The number of rotatable bonds is 12. The van der Waals surface area contributed by atoms with Crippen molar-refractivity contribution in [3.8, 4) is 0 Å². The van der Waals surface area contributed by atoms with Crippen LogP contribution < -0.4 is 0 Å². The van der Waals surface area contributed by atoms with E-state index in [1.807, 2.05) is 0 Å². The number of piperazine rings is 1. The third-order valence-electron chi connectivity index (χ3n) is 3.76. The summed E-state index contributed by atoms with van der Waals surface area (Å²) in [5, 5.41) is 0. The van der Waals surface area contributed by atoms with E-state index in [1.54, 1.807) is 7.11 Å². The van der Waals surface area contributed by atoms with Gasteiger partial charge in [-0.05, 0) is 20.8 Å². The maximum atomic E-state index is 5.79. The zero-order chi connectivity index (χ0) is 17.0. The maximum absolute atomic E-state index is 5.79. The number of ether oxygens (including phenoxy) is 4. The molecule has 0 unspecified atom stereocenters. The van der Waals surface area contributed by atoms with Gasteiger partial charge in [0.1, 0.15) is 0 Å². The molecule has 1 aliphatic rings. The van der Waals surface area contributed by atoms with Crippen molar-refractivity contribution in [1.29, 1.82) is 0 Å². The van der Waals surface area contributed by atoms with E-state index >= 15 is 0 Å². The summed E-state index contributed by atoms with van der Waals surface area (Å²) >= 11 is 0. The van der Waals surface area contributed by atoms with Crippen LogP contribution in [0.15, 0.2) is 0 Å². The van der Waals surface area contributed by atoms with Crippen molar-refractivity contribution in [2.45, 2.75) is 26.4 Å². The van der Waals surface area contributed by atoms with E-state index in [-0.39, 0.29) is 5.60 Å². The molecule has 0 aliphatic carbocycles. The minimum atomic E-state index is -0.0353. The Morgan fingerprint density at radius 2 is 1.17 bits per heavy atom. The quantitative estimate of drug-likeness (QED) is 0.499. The Morgan fingerprint density at radius 3 is 1.70 bits per heavy atom. The lowest BCUT2D eigenvalue weighted by Crippen LogP contribution is -2.48. The molecule has 0 spiro atoms. The largest absolute Gasteiger partial charge is 0.382 e. The number of methoxy groups -OCH3 is 1. The van der Waals surface area contributed by atoms with E-state index in [4.69, 9.17) is 18.9 Å². The Labute approximate surface area is 142 Å². The fraction of sp³-hybridized carbons (Fsp3) is 1.00. The first kappa shape index (κ1) is 20.8. The van der Waals surface area contributed by atoms with Crippen molar-refractivity contribution >= 4 is 0 Å². The van der Waals surface area contributed by atoms with Crippen molar-refractivity contribution in [2.24, 2.45) is 0 Å². The Hall–Kier alpha value is -0.240. The lowest BCUT2D eigenvalue weighted by molar-refractivity contribution is -0.0196. The molecular weight excluding hydrogens is 296 g/mol. The number of hydrogen-bond donors (Lipinski definition) is 0. The second-order valence-electron chi connectivity index (χ2n) is 6.86. The third-order valence-corrected chi connectivity index (χ3v) is 3.76. The first-order valence-corrected chi connectivity index (χ1v) is 8.74. The van der Waals surface area contributed by atoms with Crippen LogP contribution in [0.4, 0.5) is 0 Å². The molecule has 0 amide bonds. The van der Waals surface area contributed by atoms with Crippen molar-refractivity contribution in [1.82, 2.24) is 9.80 Å². The summed E-state index contributed by atoms with van der Waals surface area (Å²) in [7, 11) is 1.68. The third kappa shape index (κ3) is 11.9. The molecule has 6 heteroatoms. The summed E-state index contributed by atoms with van der Waals surface area (Å²) in [6.45, 7) is 17.0. The lowest BCUT2D eigenvalue weighted by Gasteiger charge is -2.35. The van der Waals surface area contributed by atoms with Gasteiger partial charge in [0.2, 0.25) is 0 Å². The highest BCUT2D eigenvalue weighted by Crippen LogP contribution is 2.07. The summed E-state index contributed by atoms with van der Waals surface area (Å²) < 4.78 is 21.7. The van der Waals surface area contributed by atoms with Gasteiger partial charge in [-0.3, -0.25) is 9.80 Å². The van der Waals surface area contributed by atoms with E-state index in [9.17, 15) is 0 Å². The van der Waals surface area contributed by atoms with Gasteiger partial charge in [-0.1, -0.05) is 0 Å². The van der Waals surface area contributed by atoms with E-state index in [1.165, 1.54) is 0 Å². The zero-order valence-electron chi connectivity index (χ0n) is 15.5. The van der Waals surface area contributed by atoms with Crippen LogP contribution >= 0.6 is 0 Å². The van der Waals surface area contributed by atoms with Crippen LogP contribution in [-0.4, -0.2) is 101 Å². The Balaban J connectivity index is 1.92. The number of hydrogen-bond acceptors (Lipinski definition) is 6. The molecule has 6 nitrogen and oxygen atoms in total. The topological polar surface area (TPSA) is 43.4 Å². The van der Waals surface area contributed by atoms with Gasteiger partial charge < -0.3 is 18.9 Å². The van der Waals surface area contributed by atoms with Gasteiger partial charge in [-0.15, -0.1) is 0 Å². The fourth-order valence-electron chi connectivity index (χ4n) is 2.38. The van der Waals surface area contributed by atoms with Gasteiger partial charge in [-0.2, -0.15) is 0 Å². The summed E-state index contributed by atoms with van der Waals surface area (Å²) in [5.41, 5.74) is -0.0353. The molecule has 0 N–H and O–H groups in total. The molecule has 0 aromatic heterocycles. The van der Waals surface area contributed by atoms with Gasteiger partial charge >= 0.3 is 0 Å². The average Bonchev–Trinajstić information content (AvgIpc) is 2.50. The van der Waals surface area contributed by atoms with Crippen molar-refractivity contribution in [3.05, 3.63) is 0 Å². The van der Waals surface area contributed by atoms with E-state index in [2.05, 4.69) is 30.6 Å². The lowest BCUT2D eigenvalue weighted by atomic mass is 10.2. The zero-order valence-corrected chi connectivity index (χ0v) is 15.5. The molecule has 1 rings (SSSR count). The summed E-state index contributed by atoms with van der Waals surface area (Å²) in [6, 6.07) is 0. The Kier molecular flexibility index (Phi) is 11.0. The minimum Gasteiger partial charge on any atom is -0.382 e. The second-order valence-corrected chi connectivity index (χ2v) is 6.86. The van der Waals surface area contributed by atoms with Crippen LogP contribution in [-0.2, 0) is 18.9 Å². The molecule has 0 saturated carbocycles. The minimum absolute atomic E-state index is 0.0353. The fourth-order valence-corrected chi connectivity index (χ4v) is 2.38. The molecule has 0 radical (unpaired) electrons. The summed E-state index contributed by atoms with van der Waals surface area (Å²) in [6.07, 6.45) is 0. The van der Waals surface area contributed by atoms with Gasteiger partial charge in [0.15, 0.2) is 0 Å². The van der Waals surface area contributed by atoms with E-state index in [0.717, 1.165) is 52.5 Å². The van der Waals surface area contributed by atoms with Gasteiger partial charge in [0, 0.05) is 46.4 Å². The van der Waals surface area contributed by atoms with Crippen LogP contribution in [0.2, 0.25) is 0 Å². The van der Waals surface area contributed by atoms with E-state index in [0.29, 0.717) is 26.4 Å². The van der Waals surface area contributed by atoms with Crippen molar-refractivity contribution < 1.29 is 18.9 Å². The normalized spacial score (nSPS) is 17.7. The molecule has 1 saturated heterocycles. The first-order valence-electron chi connectivity index (χ1n) is 8.74. The molecule has 0 atom stereocenters. The molecule has 1 fully saturated rings. The van der Waals surface area contributed by atoms with Gasteiger partial charge in [0.05, 0.1) is 45.2 Å². The Bertz CT molecular complexity index is 276. The highest BCUT2D eigenvalue weighted by Gasteiger charge is 2.17. The van der Waals surface area contributed by atoms with Crippen LogP contribution in [0.3, 0.4) is 0 Å². The maximum Gasteiger partial charge on any atom is 0.0701 e. The highest BCUT2D eigenvalue weighted by molar-refractivity contribution is 4.72. The molecule has 23 heavy (non-hydrogen) atoms. The molecule has 0 aromatic carbocycles. The molecule has 0 bridgehead atoms. The standard InChI is InChI=1S/C17H36N2O4/c1-17(2,3)23-12-10-19-7-5-18(6-8-19)9-11-21-15-16-22-14-13-20-4/h5-16H2,1-4H3. The van der Waals surface area contributed by atoms with Gasteiger partial charge in [-0.25, -0.2) is 0 Å². The first-order chi connectivity index (χ1) is 11.0. The van der Waals surface area contributed by atoms with Crippen molar-refractivity contribution in [3.63, 3.8) is 0 Å². The molecular formula is C17H36N2O4. The van der Waals surface area contributed by atoms with Crippen LogP contribution in [0.25, 0.3) is 0 Å². The van der Waals surface area contributed by atoms with Gasteiger partial charge in [0.25, 0.3) is 0 Å².